The van der Waals surface area contributed by atoms with Gasteiger partial charge in [0.2, 0.25) is 0 Å². The van der Waals surface area contributed by atoms with Crippen molar-refractivity contribution in [2.24, 2.45) is 0 Å². The maximum absolute atomic E-state index is 10.7. The first-order valence-corrected chi connectivity index (χ1v) is 5.39. The molecule has 0 aliphatic rings. The number of hydrogen-bond donors (Lipinski definition) is 0. The summed E-state index contributed by atoms with van der Waals surface area (Å²) in [7, 11) is 0. The molecule has 0 aliphatic carbocycles. The van der Waals surface area contributed by atoms with E-state index in [0.29, 0.717) is 5.88 Å². The molecule has 0 aromatic heterocycles. The third-order valence-corrected chi connectivity index (χ3v) is 2.74. The highest BCUT2D eigenvalue weighted by molar-refractivity contribution is 6.17. The Balaban J connectivity index is 3.10. The minimum absolute atomic E-state index is 0.0605. The van der Waals surface area contributed by atoms with E-state index in [1.807, 2.05) is 13.0 Å². The zero-order valence-corrected chi connectivity index (χ0v) is 9.34. The average Bonchev–Trinajstić information content (AvgIpc) is 2.27. The molecule has 1 aromatic rings. The Morgan fingerprint density at radius 2 is 2.21 bits per heavy atom. The molecular formula is C12H15ClO. The summed E-state index contributed by atoms with van der Waals surface area (Å²) < 4.78 is 0. The number of carbonyl (C=O) groups excluding carboxylic acids is 1. The molecule has 0 heterocycles. The van der Waals surface area contributed by atoms with E-state index in [2.05, 4.69) is 19.1 Å². The maximum Gasteiger partial charge on any atom is 0.127 e. The molecule has 1 rings (SSSR count). The van der Waals surface area contributed by atoms with Crippen LogP contribution < -0.4 is 0 Å². The SMILES string of the molecule is CCc1ccc(C(C)C=O)c(CCl)c1. The Hall–Kier alpha value is -0.820. The molecule has 0 N–H and O–H groups in total. The van der Waals surface area contributed by atoms with E-state index >= 15 is 0 Å². The van der Waals surface area contributed by atoms with E-state index in [9.17, 15) is 4.79 Å². The Labute approximate surface area is 90.1 Å². The van der Waals surface area contributed by atoms with Crippen molar-refractivity contribution in [1.82, 2.24) is 0 Å². The van der Waals surface area contributed by atoms with Crippen LogP contribution >= 0.6 is 11.6 Å². The van der Waals surface area contributed by atoms with Gasteiger partial charge in [0.15, 0.2) is 0 Å². The summed E-state index contributed by atoms with van der Waals surface area (Å²) in [4.78, 5) is 10.7. The van der Waals surface area contributed by atoms with Gasteiger partial charge in [0.25, 0.3) is 0 Å². The lowest BCUT2D eigenvalue weighted by atomic mass is 9.95. The average molecular weight is 211 g/mol. The summed E-state index contributed by atoms with van der Waals surface area (Å²) in [5, 5.41) is 0. The first kappa shape index (κ1) is 11.3. The molecule has 0 aliphatic heterocycles. The second-order valence-corrected chi connectivity index (χ2v) is 3.71. The second-order valence-electron chi connectivity index (χ2n) is 3.45. The van der Waals surface area contributed by atoms with Gasteiger partial charge in [0.05, 0.1) is 0 Å². The van der Waals surface area contributed by atoms with Crippen molar-refractivity contribution in [3.8, 4) is 0 Å². The smallest absolute Gasteiger partial charge is 0.127 e. The van der Waals surface area contributed by atoms with Crippen molar-refractivity contribution < 1.29 is 4.79 Å². The zero-order valence-electron chi connectivity index (χ0n) is 8.59. The van der Waals surface area contributed by atoms with Crippen LogP contribution in [0.4, 0.5) is 0 Å². The summed E-state index contributed by atoms with van der Waals surface area (Å²) in [5.41, 5.74) is 3.39. The Morgan fingerprint density at radius 3 is 2.71 bits per heavy atom. The van der Waals surface area contributed by atoms with Crippen LogP contribution in [0.25, 0.3) is 0 Å². The summed E-state index contributed by atoms with van der Waals surface area (Å²) in [6.45, 7) is 4.00. The van der Waals surface area contributed by atoms with Crippen molar-refractivity contribution in [3.63, 3.8) is 0 Å². The van der Waals surface area contributed by atoms with Crippen molar-refractivity contribution in [1.29, 1.82) is 0 Å². The standard InChI is InChI=1S/C12H15ClO/c1-3-10-4-5-12(9(2)8-14)11(6-10)7-13/h4-6,8-9H,3,7H2,1-2H3. The van der Waals surface area contributed by atoms with Gasteiger partial charge in [0.1, 0.15) is 6.29 Å². The lowest BCUT2D eigenvalue weighted by molar-refractivity contribution is -0.108. The number of aryl methyl sites for hydroxylation is 1. The molecule has 1 unspecified atom stereocenters. The quantitative estimate of drug-likeness (QED) is 0.551. The van der Waals surface area contributed by atoms with Gasteiger partial charge in [0, 0.05) is 11.8 Å². The van der Waals surface area contributed by atoms with Gasteiger partial charge in [-0.15, -0.1) is 11.6 Å². The van der Waals surface area contributed by atoms with E-state index in [1.165, 1.54) is 5.56 Å². The molecule has 1 atom stereocenters. The fraction of sp³-hybridized carbons (Fsp3) is 0.417. The monoisotopic (exact) mass is 210 g/mol. The van der Waals surface area contributed by atoms with Gasteiger partial charge in [-0.2, -0.15) is 0 Å². The van der Waals surface area contributed by atoms with E-state index in [0.717, 1.165) is 23.8 Å². The van der Waals surface area contributed by atoms with Crippen LogP contribution in [0.1, 0.15) is 36.5 Å². The number of hydrogen-bond acceptors (Lipinski definition) is 1. The van der Waals surface area contributed by atoms with Crippen LogP contribution in [0.5, 0.6) is 0 Å². The molecule has 1 aromatic carbocycles. The summed E-state index contributed by atoms with van der Waals surface area (Å²) in [5.74, 6) is 0.413. The molecule has 0 saturated heterocycles. The van der Waals surface area contributed by atoms with Gasteiger partial charge in [-0.3, -0.25) is 0 Å². The minimum atomic E-state index is -0.0605. The molecule has 1 nitrogen and oxygen atoms in total. The molecular weight excluding hydrogens is 196 g/mol. The van der Waals surface area contributed by atoms with Gasteiger partial charge < -0.3 is 4.79 Å². The van der Waals surface area contributed by atoms with Crippen LogP contribution in [0.15, 0.2) is 18.2 Å². The van der Waals surface area contributed by atoms with Crippen LogP contribution in [0.3, 0.4) is 0 Å². The lowest BCUT2D eigenvalue weighted by Gasteiger charge is -2.11. The first-order chi connectivity index (χ1) is 6.72. The molecule has 0 spiro atoms. The van der Waals surface area contributed by atoms with E-state index in [4.69, 9.17) is 11.6 Å². The van der Waals surface area contributed by atoms with Gasteiger partial charge in [-0.1, -0.05) is 32.0 Å². The topological polar surface area (TPSA) is 17.1 Å². The highest BCUT2D eigenvalue weighted by Gasteiger charge is 2.09. The van der Waals surface area contributed by atoms with Crippen molar-refractivity contribution >= 4 is 17.9 Å². The summed E-state index contributed by atoms with van der Waals surface area (Å²) in [6.07, 6.45) is 1.96. The maximum atomic E-state index is 10.7. The summed E-state index contributed by atoms with van der Waals surface area (Å²) >= 11 is 5.85. The lowest BCUT2D eigenvalue weighted by Crippen LogP contribution is -2.00. The largest absolute Gasteiger partial charge is 0.303 e. The molecule has 14 heavy (non-hydrogen) atoms. The van der Waals surface area contributed by atoms with Crippen molar-refractivity contribution in [2.75, 3.05) is 0 Å². The number of alkyl halides is 1. The molecule has 0 fully saturated rings. The normalized spacial score (nSPS) is 12.5. The Kier molecular flexibility index (Phi) is 4.15. The predicted molar refractivity (Wildman–Crippen MR) is 59.9 cm³/mol. The fourth-order valence-corrected chi connectivity index (χ4v) is 1.74. The van der Waals surface area contributed by atoms with E-state index in [1.54, 1.807) is 0 Å². The van der Waals surface area contributed by atoms with Crippen LogP contribution in [-0.4, -0.2) is 6.29 Å². The number of benzene rings is 1. The van der Waals surface area contributed by atoms with E-state index in [-0.39, 0.29) is 5.92 Å². The molecule has 0 radical (unpaired) electrons. The summed E-state index contributed by atoms with van der Waals surface area (Å²) in [6, 6.07) is 6.16. The number of rotatable bonds is 4. The fourth-order valence-electron chi connectivity index (χ4n) is 1.51. The highest BCUT2D eigenvalue weighted by atomic mass is 35.5. The Bertz CT molecular complexity index is 320. The third-order valence-electron chi connectivity index (χ3n) is 2.45. The molecule has 76 valence electrons. The molecule has 0 saturated carbocycles. The molecule has 0 amide bonds. The van der Waals surface area contributed by atoms with Crippen LogP contribution in [0, 0.1) is 0 Å². The van der Waals surface area contributed by atoms with E-state index < -0.39 is 0 Å². The predicted octanol–water partition coefficient (Wildman–Crippen LogP) is 3.29. The third kappa shape index (κ3) is 2.36. The first-order valence-electron chi connectivity index (χ1n) is 4.85. The molecule has 0 bridgehead atoms. The van der Waals surface area contributed by atoms with Crippen molar-refractivity contribution in [3.05, 3.63) is 34.9 Å². The second kappa shape index (κ2) is 5.16. The van der Waals surface area contributed by atoms with Gasteiger partial charge >= 0.3 is 0 Å². The number of aldehydes is 1. The zero-order chi connectivity index (χ0) is 10.6. The van der Waals surface area contributed by atoms with Crippen LogP contribution in [0.2, 0.25) is 0 Å². The number of carbonyl (C=O) groups is 1. The van der Waals surface area contributed by atoms with Crippen molar-refractivity contribution in [2.45, 2.75) is 32.1 Å². The molecule has 2 heteroatoms. The van der Waals surface area contributed by atoms with Gasteiger partial charge in [-0.05, 0) is 23.1 Å². The van der Waals surface area contributed by atoms with Crippen LogP contribution in [-0.2, 0) is 17.1 Å². The highest BCUT2D eigenvalue weighted by Crippen LogP contribution is 2.21. The van der Waals surface area contributed by atoms with Gasteiger partial charge in [-0.25, -0.2) is 0 Å². The number of halogens is 1. The Morgan fingerprint density at radius 1 is 1.50 bits per heavy atom. The minimum Gasteiger partial charge on any atom is -0.303 e.